The minimum absolute atomic E-state index is 0.00509. The van der Waals surface area contributed by atoms with Crippen LogP contribution in [0.25, 0.3) is 0 Å². The molecule has 27 heavy (non-hydrogen) atoms. The molecule has 1 aliphatic heterocycles. The molecule has 0 N–H and O–H groups in total. The zero-order valence-electron chi connectivity index (χ0n) is 16.4. The summed E-state index contributed by atoms with van der Waals surface area (Å²) >= 11 is 0. The Bertz CT molecular complexity index is 768. The second-order valence-electron chi connectivity index (χ2n) is 6.52. The number of benzene rings is 1. The fraction of sp³-hybridized carbons (Fsp3) is 0.429. The van der Waals surface area contributed by atoms with Gasteiger partial charge in [0.05, 0.1) is 12.8 Å². The van der Waals surface area contributed by atoms with E-state index in [2.05, 4.69) is 20.9 Å². The van der Waals surface area contributed by atoms with E-state index in [1.165, 1.54) is 0 Å². The van der Waals surface area contributed by atoms with Crippen molar-refractivity contribution in [3.63, 3.8) is 0 Å². The smallest absolute Gasteiger partial charge is 0.272 e. The maximum atomic E-state index is 12.6. The molecular weight excluding hydrogens is 340 g/mol. The number of para-hydroxylation sites is 2. The topological polar surface area (TPSA) is 48.9 Å². The lowest BCUT2D eigenvalue weighted by Crippen LogP contribution is -2.46. The van der Waals surface area contributed by atoms with Gasteiger partial charge in [0, 0.05) is 51.2 Å². The van der Waals surface area contributed by atoms with Gasteiger partial charge < -0.3 is 19.4 Å². The molecule has 0 atom stereocenters. The Hall–Kier alpha value is -2.76. The Labute approximate surface area is 161 Å². The van der Waals surface area contributed by atoms with E-state index < -0.39 is 0 Å². The van der Waals surface area contributed by atoms with E-state index in [9.17, 15) is 4.79 Å². The first kappa shape index (κ1) is 19.0. The van der Waals surface area contributed by atoms with Crippen molar-refractivity contribution in [2.45, 2.75) is 13.8 Å². The standard InChI is InChI=1S/C21H28N4O2/c1-4-23(5-2)21(26)18-16-17(10-11-22-18)24-12-14-25(15-13-24)19-8-6-7-9-20(19)27-3/h6-11,16H,4-5,12-15H2,1-3H3. The van der Waals surface area contributed by atoms with Crippen molar-refractivity contribution in [1.82, 2.24) is 9.88 Å². The van der Waals surface area contributed by atoms with Crippen molar-refractivity contribution in [3.8, 4) is 5.75 Å². The number of piperazine rings is 1. The fourth-order valence-corrected chi connectivity index (χ4v) is 3.50. The molecule has 1 aliphatic rings. The molecule has 0 saturated carbocycles. The average Bonchev–Trinajstić information content (AvgIpc) is 2.74. The van der Waals surface area contributed by atoms with Gasteiger partial charge >= 0.3 is 0 Å². The van der Waals surface area contributed by atoms with E-state index in [1.54, 1.807) is 18.2 Å². The summed E-state index contributed by atoms with van der Waals surface area (Å²) in [6, 6.07) is 12.0. The van der Waals surface area contributed by atoms with Gasteiger partial charge in [-0.2, -0.15) is 0 Å². The van der Waals surface area contributed by atoms with Crippen LogP contribution in [0.4, 0.5) is 11.4 Å². The molecule has 1 fully saturated rings. The number of hydrogen-bond acceptors (Lipinski definition) is 5. The second-order valence-corrected chi connectivity index (χ2v) is 6.52. The van der Waals surface area contributed by atoms with Crippen LogP contribution in [-0.4, -0.2) is 62.2 Å². The van der Waals surface area contributed by atoms with Crippen molar-refractivity contribution < 1.29 is 9.53 Å². The molecule has 1 aromatic carbocycles. The van der Waals surface area contributed by atoms with Gasteiger partial charge in [0.2, 0.25) is 0 Å². The largest absolute Gasteiger partial charge is 0.495 e. The number of anilines is 2. The number of nitrogens with zero attached hydrogens (tertiary/aromatic N) is 4. The van der Waals surface area contributed by atoms with E-state index in [4.69, 9.17) is 4.74 Å². The highest BCUT2D eigenvalue weighted by molar-refractivity contribution is 5.93. The fourth-order valence-electron chi connectivity index (χ4n) is 3.50. The molecule has 0 bridgehead atoms. The van der Waals surface area contributed by atoms with Gasteiger partial charge in [-0.05, 0) is 38.1 Å². The van der Waals surface area contributed by atoms with Crippen molar-refractivity contribution in [2.24, 2.45) is 0 Å². The lowest BCUT2D eigenvalue weighted by atomic mass is 10.2. The molecule has 3 rings (SSSR count). The zero-order valence-corrected chi connectivity index (χ0v) is 16.4. The molecule has 0 unspecified atom stereocenters. The molecule has 0 radical (unpaired) electrons. The Morgan fingerprint density at radius 2 is 1.74 bits per heavy atom. The first-order valence-electron chi connectivity index (χ1n) is 9.56. The van der Waals surface area contributed by atoms with Crippen LogP contribution in [0.15, 0.2) is 42.6 Å². The molecule has 144 valence electrons. The summed E-state index contributed by atoms with van der Waals surface area (Å²) in [4.78, 5) is 23.3. The summed E-state index contributed by atoms with van der Waals surface area (Å²) in [6.45, 7) is 8.95. The summed E-state index contributed by atoms with van der Waals surface area (Å²) in [5.74, 6) is 0.900. The first-order chi connectivity index (χ1) is 13.2. The number of pyridine rings is 1. The van der Waals surface area contributed by atoms with Gasteiger partial charge in [-0.25, -0.2) is 0 Å². The highest BCUT2D eigenvalue weighted by atomic mass is 16.5. The Morgan fingerprint density at radius 1 is 1.07 bits per heavy atom. The monoisotopic (exact) mass is 368 g/mol. The van der Waals surface area contributed by atoms with Crippen molar-refractivity contribution in [2.75, 3.05) is 56.2 Å². The second kappa shape index (κ2) is 8.75. The molecule has 6 nitrogen and oxygen atoms in total. The predicted octanol–water partition coefficient (Wildman–Crippen LogP) is 2.90. The summed E-state index contributed by atoms with van der Waals surface area (Å²) in [5.41, 5.74) is 2.70. The molecule has 2 aromatic rings. The van der Waals surface area contributed by atoms with Crippen LogP contribution in [0.3, 0.4) is 0 Å². The molecule has 2 heterocycles. The van der Waals surface area contributed by atoms with Crippen LogP contribution in [0.2, 0.25) is 0 Å². The third-order valence-corrected chi connectivity index (χ3v) is 5.08. The SMILES string of the molecule is CCN(CC)C(=O)c1cc(N2CCN(c3ccccc3OC)CC2)ccn1. The highest BCUT2D eigenvalue weighted by Gasteiger charge is 2.21. The van der Waals surface area contributed by atoms with Gasteiger partial charge in [0.1, 0.15) is 11.4 Å². The Kier molecular flexibility index (Phi) is 6.16. The molecule has 0 aliphatic carbocycles. The number of ether oxygens (including phenoxy) is 1. The minimum Gasteiger partial charge on any atom is -0.495 e. The Balaban J connectivity index is 1.69. The van der Waals surface area contributed by atoms with Gasteiger partial charge in [-0.15, -0.1) is 0 Å². The molecule has 1 aromatic heterocycles. The van der Waals surface area contributed by atoms with Crippen LogP contribution in [0.5, 0.6) is 5.75 Å². The summed E-state index contributed by atoms with van der Waals surface area (Å²) < 4.78 is 5.49. The summed E-state index contributed by atoms with van der Waals surface area (Å²) in [6.07, 6.45) is 1.73. The minimum atomic E-state index is -0.00509. The molecular formula is C21H28N4O2. The lowest BCUT2D eigenvalue weighted by molar-refractivity contribution is 0.0767. The number of amides is 1. The Morgan fingerprint density at radius 3 is 2.41 bits per heavy atom. The normalized spacial score (nSPS) is 14.2. The van der Waals surface area contributed by atoms with Crippen molar-refractivity contribution in [1.29, 1.82) is 0 Å². The number of carbonyl (C=O) groups is 1. The van der Waals surface area contributed by atoms with Crippen LogP contribution < -0.4 is 14.5 Å². The number of aromatic nitrogens is 1. The van der Waals surface area contributed by atoms with E-state index in [1.807, 2.05) is 44.2 Å². The number of methoxy groups -OCH3 is 1. The number of rotatable bonds is 6. The predicted molar refractivity (Wildman–Crippen MR) is 109 cm³/mol. The van der Waals surface area contributed by atoms with Crippen molar-refractivity contribution in [3.05, 3.63) is 48.3 Å². The van der Waals surface area contributed by atoms with E-state index in [-0.39, 0.29) is 5.91 Å². The van der Waals surface area contributed by atoms with Gasteiger partial charge in [-0.1, -0.05) is 12.1 Å². The van der Waals surface area contributed by atoms with E-state index in [0.717, 1.165) is 43.3 Å². The van der Waals surface area contributed by atoms with Crippen LogP contribution in [0, 0.1) is 0 Å². The van der Waals surface area contributed by atoms with Crippen molar-refractivity contribution >= 4 is 17.3 Å². The molecule has 0 spiro atoms. The zero-order chi connectivity index (χ0) is 19.2. The van der Waals surface area contributed by atoms with Gasteiger partial charge in [0.15, 0.2) is 0 Å². The maximum absolute atomic E-state index is 12.6. The van der Waals surface area contributed by atoms with Crippen LogP contribution in [-0.2, 0) is 0 Å². The number of hydrogen-bond donors (Lipinski definition) is 0. The third kappa shape index (κ3) is 4.15. The lowest BCUT2D eigenvalue weighted by Gasteiger charge is -2.37. The summed E-state index contributed by atoms with van der Waals surface area (Å²) in [7, 11) is 1.71. The maximum Gasteiger partial charge on any atom is 0.272 e. The first-order valence-corrected chi connectivity index (χ1v) is 9.56. The average molecular weight is 368 g/mol. The van der Waals surface area contributed by atoms with Gasteiger partial charge in [0.25, 0.3) is 5.91 Å². The number of carbonyl (C=O) groups excluding carboxylic acids is 1. The molecule has 1 saturated heterocycles. The van der Waals surface area contributed by atoms with Gasteiger partial charge in [-0.3, -0.25) is 9.78 Å². The quantitative estimate of drug-likeness (QED) is 0.785. The highest BCUT2D eigenvalue weighted by Crippen LogP contribution is 2.29. The van der Waals surface area contributed by atoms with Crippen LogP contribution >= 0.6 is 0 Å². The summed E-state index contributed by atoms with van der Waals surface area (Å²) in [5, 5.41) is 0. The molecule has 1 amide bonds. The third-order valence-electron chi connectivity index (χ3n) is 5.08. The molecule has 6 heteroatoms. The van der Waals surface area contributed by atoms with E-state index in [0.29, 0.717) is 18.8 Å². The van der Waals surface area contributed by atoms with E-state index >= 15 is 0 Å². The van der Waals surface area contributed by atoms with Crippen LogP contribution in [0.1, 0.15) is 24.3 Å².